The molecule has 1 saturated heterocycles. The van der Waals surface area contributed by atoms with Gasteiger partial charge in [0, 0.05) is 24.0 Å². The number of thiocarbonyl (C=S) groups is 1. The lowest BCUT2D eigenvalue weighted by Crippen LogP contribution is -2.30. The second kappa shape index (κ2) is 4.68. The summed E-state index contributed by atoms with van der Waals surface area (Å²) < 4.78 is 0. The average Bonchev–Trinajstić information content (AvgIpc) is 2.77. The van der Waals surface area contributed by atoms with Crippen molar-refractivity contribution in [2.24, 2.45) is 5.73 Å². The van der Waals surface area contributed by atoms with Gasteiger partial charge in [-0.2, -0.15) is 0 Å². The smallest absolute Gasteiger partial charge is 0.130 e. The Morgan fingerprint density at radius 1 is 1.45 bits per heavy atom. The summed E-state index contributed by atoms with van der Waals surface area (Å²) in [5.41, 5.74) is 6.89. The summed E-state index contributed by atoms with van der Waals surface area (Å²) in [5, 5.41) is 11.1. The lowest BCUT2D eigenvalue weighted by molar-refractivity contribution is 0.0839. The van der Waals surface area contributed by atoms with Crippen LogP contribution in [0.15, 0.2) is 30.3 Å². The number of para-hydroxylation sites is 1. The molecular formula is C15H17N3OS. The average molecular weight is 287 g/mol. The summed E-state index contributed by atoms with van der Waals surface area (Å²) >= 11 is 5.15. The largest absolute Gasteiger partial charge is 0.389 e. The van der Waals surface area contributed by atoms with E-state index < -0.39 is 5.60 Å². The van der Waals surface area contributed by atoms with E-state index in [0.717, 1.165) is 35.2 Å². The molecule has 0 bridgehead atoms. The molecule has 0 amide bonds. The molecule has 1 atom stereocenters. The topological polar surface area (TPSA) is 62.4 Å². The molecule has 104 valence electrons. The highest BCUT2D eigenvalue weighted by Crippen LogP contribution is 2.28. The number of aromatic nitrogens is 1. The highest BCUT2D eigenvalue weighted by atomic mass is 32.1. The van der Waals surface area contributed by atoms with Crippen LogP contribution in [0, 0.1) is 0 Å². The molecule has 20 heavy (non-hydrogen) atoms. The van der Waals surface area contributed by atoms with E-state index in [-0.39, 0.29) is 0 Å². The SMILES string of the molecule is CC1(O)CCN(c2cc(C(N)=S)c3ccccc3n2)C1. The third kappa shape index (κ3) is 2.34. The van der Waals surface area contributed by atoms with Crippen LogP contribution in [0.4, 0.5) is 5.82 Å². The van der Waals surface area contributed by atoms with Gasteiger partial charge in [-0.1, -0.05) is 30.4 Å². The Morgan fingerprint density at radius 2 is 2.20 bits per heavy atom. The van der Waals surface area contributed by atoms with E-state index in [1.807, 2.05) is 37.3 Å². The van der Waals surface area contributed by atoms with Gasteiger partial charge in [0.15, 0.2) is 0 Å². The Bertz CT molecular complexity index is 684. The quantitative estimate of drug-likeness (QED) is 0.825. The van der Waals surface area contributed by atoms with Crippen molar-refractivity contribution in [1.82, 2.24) is 4.98 Å². The maximum atomic E-state index is 10.1. The number of hydrogen-bond acceptors (Lipinski definition) is 4. The molecule has 4 nitrogen and oxygen atoms in total. The zero-order chi connectivity index (χ0) is 14.3. The molecule has 3 rings (SSSR count). The first kappa shape index (κ1) is 13.3. The molecule has 0 saturated carbocycles. The summed E-state index contributed by atoms with van der Waals surface area (Å²) in [5.74, 6) is 0.823. The van der Waals surface area contributed by atoms with E-state index in [1.165, 1.54) is 0 Å². The van der Waals surface area contributed by atoms with Crippen LogP contribution in [-0.4, -0.2) is 33.8 Å². The predicted molar refractivity (Wildman–Crippen MR) is 85.1 cm³/mol. The minimum Gasteiger partial charge on any atom is -0.389 e. The van der Waals surface area contributed by atoms with Crippen LogP contribution in [0.25, 0.3) is 10.9 Å². The highest BCUT2D eigenvalue weighted by molar-refractivity contribution is 7.80. The van der Waals surface area contributed by atoms with Gasteiger partial charge in [0.05, 0.1) is 11.1 Å². The summed E-state index contributed by atoms with van der Waals surface area (Å²) in [6.45, 7) is 3.22. The van der Waals surface area contributed by atoms with Crippen molar-refractivity contribution >= 4 is 33.9 Å². The van der Waals surface area contributed by atoms with Gasteiger partial charge >= 0.3 is 0 Å². The molecule has 0 spiro atoms. The van der Waals surface area contributed by atoms with Crippen molar-refractivity contribution in [3.63, 3.8) is 0 Å². The normalized spacial score (nSPS) is 22.4. The van der Waals surface area contributed by atoms with Gasteiger partial charge in [0.2, 0.25) is 0 Å². The lowest BCUT2D eigenvalue weighted by atomic mass is 10.1. The summed E-state index contributed by atoms with van der Waals surface area (Å²) in [7, 11) is 0. The number of nitrogens with zero attached hydrogens (tertiary/aromatic N) is 2. The van der Waals surface area contributed by atoms with Gasteiger partial charge in [-0.3, -0.25) is 0 Å². The number of anilines is 1. The number of hydrogen-bond donors (Lipinski definition) is 2. The standard InChI is InChI=1S/C15H17N3OS/c1-15(19)6-7-18(9-15)13-8-11(14(16)20)10-4-2-3-5-12(10)17-13/h2-5,8,19H,6-7,9H2,1H3,(H2,16,20). The van der Waals surface area contributed by atoms with Crippen LogP contribution in [0.5, 0.6) is 0 Å². The van der Waals surface area contributed by atoms with Crippen LogP contribution < -0.4 is 10.6 Å². The summed E-state index contributed by atoms with van der Waals surface area (Å²) in [6.07, 6.45) is 0.740. The first-order valence-electron chi connectivity index (χ1n) is 6.63. The Labute approximate surface area is 123 Å². The molecule has 3 N–H and O–H groups in total. The zero-order valence-corrected chi connectivity index (χ0v) is 12.2. The molecule has 0 radical (unpaired) electrons. The molecule has 1 aromatic heterocycles. The van der Waals surface area contributed by atoms with Crippen molar-refractivity contribution < 1.29 is 5.11 Å². The zero-order valence-electron chi connectivity index (χ0n) is 11.3. The van der Waals surface area contributed by atoms with E-state index in [4.69, 9.17) is 18.0 Å². The molecule has 1 aliphatic heterocycles. The van der Waals surface area contributed by atoms with Gasteiger partial charge in [0.25, 0.3) is 0 Å². The van der Waals surface area contributed by atoms with Crippen molar-refractivity contribution in [2.45, 2.75) is 18.9 Å². The number of β-amino-alcohol motifs (C(OH)–C–C–N with tert-alkyl or cyclic N) is 1. The molecule has 2 heterocycles. The second-order valence-corrected chi connectivity index (χ2v) is 6.02. The Hall–Kier alpha value is -1.72. The van der Waals surface area contributed by atoms with E-state index in [2.05, 4.69) is 9.88 Å². The fourth-order valence-electron chi connectivity index (χ4n) is 2.67. The number of pyridine rings is 1. The maximum absolute atomic E-state index is 10.1. The lowest BCUT2D eigenvalue weighted by Gasteiger charge is -2.21. The highest BCUT2D eigenvalue weighted by Gasteiger charge is 2.32. The third-order valence-corrected chi connectivity index (χ3v) is 3.96. The van der Waals surface area contributed by atoms with Crippen LogP contribution in [0.2, 0.25) is 0 Å². The van der Waals surface area contributed by atoms with E-state index in [0.29, 0.717) is 11.5 Å². The number of aliphatic hydroxyl groups is 1. The number of nitrogens with two attached hydrogens (primary N) is 1. The number of fused-ring (bicyclic) bond motifs is 1. The van der Waals surface area contributed by atoms with Gasteiger partial charge in [-0.15, -0.1) is 0 Å². The molecule has 1 unspecified atom stereocenters. The number of rotatable bonds is 2. The molecular weight excluding hydrogens is 270 g/mol. The van der Waals surface area contributed by atoms with Crippen LogP contribution >= 0.6 is 12.2 Å². The van der Waals surface area contributed by atoms with Crippen molar-refractivity contribution in [1.29, 1.82) is 0 Å². The molecule has 1 aromatic carbocycles. The first-order valence-corrected chi connectivity index (χ1v) is 7.04. The minimum atomic E-state index is -0.656. The first-order chi connectivity index (χ1) is 9.46. The van der Waals surface area contributed by atoms with Gasteiger partial charge in [0.1, 0.15) is 10.8 Å². The van der Waals surface area contributed by atoms with E-state index in [1.54, 1.807) is 0 Å². The van der Waals surface area contributed by atoms with Crippen molar-refractivity contribution in [3.05, 3.63) is 35.9 Å². The molecule has 1 aliphatic rings. The van der Waals surface area contributed by atoms with Crippen molar-refractivity contribution in [3.8, 4) is 0 Å². The van der Waals surface area contributed by atoms with Gasteiger partial charge < -0.3 is 15.7 Å². The summed E-state index contributed by atoms with van der Waals surface area (Å²) in [4.78, 5) is 7.11. The fourth-order valence-corrected chi connectivity index (χ4v) is 2.84. The van der Waals surface area contributed by atoms with Gasteiger partial charge in [-0.25, -0.2) is 4.98 Å². The monoisotopic (exact) mass is 287 g/mol. The number of benzene rings is 1. The molecule has 1 fully saturated rings. The molecule has 2 aromatic rings. The predicted octanol–water partition coefficient (Wildman–Crippen LogP) is 1.83. The fraction of sp³-hybridized carbons (Fsp3) is 0.333. The Morgan fingerprint density at radius 3 is 2.85 bits per heavy atom. The van der Waals surface area contributed by atoms with Crippen LogP contribution in [0.1, 0.15) is 18.9 Å². The van der Waals surface area contributed by atoms with Crippen LogP contribution in [-0.2, 0) is 0 Å². The molecule has 0 aliphatic carbocycles. The second-order valence-electron chi connectivity index (χ2n) is 5.58. The van der Waals surface area contributed by atoms with Crippen LogP contribution in [0.3, 0.4) is 0 Å². The van der Waals surface area contributed by atoms with Crippen molar-refractivity contribution in [2.75, 3.05) is 18.0 Å². The Balaban J connectivity index is 2.11. The summed E-state index contributed by atoms with van der Waals surface area (Å²) in [6, 6.07) is 9.75. The minimum absolute atomic E-state index is 0.371. The van der Waals surface area contributed by atoms with E-state index >= 15 is 0 Å². The molecule has 5 heteroatoms. The van der Waals surface area contributed by atoms with E-state index in [9.17, 15) is 5.11 Å². The van der Waals surface area contributed by atoms with Gasteiger partial charge in [-0.05, 0) is 25.5 Å². The maximum Gasteiger partial charge on any atom is 0.130 e. The Kier molecular flexibility index (Phi) is 3.11. The third-order valence-electron chi connectivity index (χ3n) is 3.74.